The first kappa shape index (κ1) is 24.7. The fourth-order valence-corrected chi connectivity index (χ4v) is 5.18. The van der Waals surface area contributed by atoms with E-state index < -0.39 is 45.2 Å². The minimum absolute atomic E-state index is 0.0399. The average Bonchev–Trinajstić information content (AvgIpc) is 3.02. The van der Waals surface area contributed by atoms with Crippen molar-refractivity contribution >= 4 is 26.6 Å². The highest BCUT2D eigenvalue weighted by Crippen LogP contribution is 2.29. The maximum atomic E-state index is 14.6. The molecule has 4 heterocycles. The second-order valence-corrected chi connectivity index (χ2v) is 10.3. The van der Waals surface area contributed by atoms with Crippen LogP contribution in [0.5, 0.6) is 5.75 Å². The topological polar surface area (TPSA) is 120 Å². The van der Waals surface area contributed by atoms with E-state index in [1.165, 1.54) is 0 Å². The number of methoxy groups -OCH3 is 1. The maximum absolute atomic E-state index is 14.6. The number of hydrogen-bond donors (Lipinski definition) is 1. The number of sulfone groups is 1. The summed E-state index contributed by atoms with van der Waals surface area (Å²) in [6.45, 7) is -1.16. The van der Waals surface area contributed by atoms with Gasteiger partial charge in [0, 0.05) is 22.7 Å². The Labute approximate surface area is 210 Å². The SMILES string of the molecule is COc1ccc(-c2ccc3cnc(CNC(=O)c4cc(F)c5c(c4)S(=O)(=O)[C@@H](F)COC5)cc3n2)nc1. The predicted molar refractivity (Wildman–Crippen MR) is 129 cm³/mol. The van der Waals surface area contributed by atoms with Gasteiger partial charge in [0.15, 0.2) is 0 Å². The molecule has 3 aromatic heterocycles. The minimum atomic E-state index is -4.50. The summed E-state index contributed by atoms with van der Waals surface area (Å²) in [6, 6.07) is 10.8. The molecule has 1 aromatic carbocycles. The van der Waals surface area contributed by atoms with Gasteiger partial charge in [0.25, 0.3) is 5.91 Å². The fourth-order valence-electron chi connectivity index (χ4n) is 3.84. The smallest absolute Gasteiger partial charge is 0.251 e. The van der Waals surface area contributed by atoms with Gasteiger partial charge in [-0.05, 0) is 42.5 Å². The summed E-state index contributed by atoms with van der Waals surface area (Å²) in [5.74, 6) is -1.09. The first-order chi connectivity index (χ1) is 17.8. The lowest BCUT2D eigenvalue weighted by Gasteiger charge is -2.11. The molecule has 1 atom stereocenters. The normalized spacial score (nSPS) is 16.6. The molecular formula is C25H20F2N4O5S. The summed E-state index contributed by atoms with van der Waals surface area (Å²) < 4.78 is 63.6. The Bertz CT molecular complexity index is 1610. The number of pyridine rings is 3. The Kier molecular flexibility index (Phi) is 6.52. The molecule has 1 aliphatic rings. The lowest BCUT2D eigenvalue weighted by molar-refractivity contribution is 0.0938. The molecule has 0 radical (unpaired) electrons. The van der Waals surface area contributed by atoms with Crippen LogP contribution in [-0.4, -0.2) is 48.5 Å². The lowest BCUT2D eigenvalue weighted by atomic mass is 10.1. The van der Waals surface area contributed by atoms with Gasteiger partial charge in [0.05, 0.1) is 60.6 Å². The van der Waals surface area contributed by atoms with E-state index in [0.717, 1.165) is 17.5 Å². The molecule has 4 aromatic rings. The number of ether oxygens (including phenoxy) is 2. The summed E-state index contributed by atoms with van der Waals surface area (Å²) in [5.41, 5.74) is -0.553. The third-order valence-electron chi connectivity index (χ3n) is 5.85. The Balaban J connectivity index is 1.37. The van der Waals surface area contributed by atoms with Crippen LogP contribution in [0.2, 0.25) is 0 Å². The zero-order chi connectivity index (χ0) is 26.2. The van der Waals surface area contributed by atoms with Gasteiger partial charge in [-0.3, -0.25) is 14.8 Å². The molecule has 12 heteroatoms. The van der Waals surface area contributed by atoms with Crippen molar-refractivity contribution in [3.8, 4) is 17.1 Å². The molecule has 5 rings (SSSR count). The number of halogens is 2. The van der Waals surface area contributed by atoms with Gasteiger partial charge in [-0.15, -0.1) is 0 Å². The zero-order valence-electron chi connectivity index (χ0n) is 19.4. The first-order valence-corrected chi connectivity index (χ1v) is 12.6. The van der Waals surface area contributed by atoms with Gasteiger partial charge in [-0.25, -0.2) is 22.2 Å². The van der Waals surface area contributed by atoms with Crippen LogP contribution in [0.15, 0.2) is 59.8 Å². The maximum Gasteiger partial charge on any atom is 0.251 e. The molecule has 37 heavy (non-hydrogen) atoms. The number of rotatable bonds is 5. The van der Waals surface area contributed by atoms with Crippen molar-refractivity contribution in [2.75, 3.05) is 13.7 Å². The highest BCUT2D eigenvalue weighted by molar-refractivity contribution is 7.92. The molecule has 0 bridgehead atoms. The van der Waals surface area contributed by atoms with E-state index in [1.54, 1.807) is 37.7 Å². The Morgan fingerprint density at radius 3 is 2.70 bits per heavy atom. The molecule has 0 spiro atoms. The molecule has 0 saturated carbocycles. The number of aromatic nitrogens is 3. The number of benzene rings is 1. The third kappa shape index (κ3) is 4.85. The number of carbonyl (C=O) groups excluding carboxylic acids is 1. The highest BCUT2D eigenvalue weighted by Gasteiger charge is 2.35. The van der Waals surface area contributed by atoms with Crippen LogP contribution in [0.25, 0.3) is 22.3 Å². The first-order valence-electron chi connectivity index (χ1n) is 11.1. The number of nitrogens with one attached hydrogen (secondary N) is 1. The molecule has 0 aliphatic carbocycles. The van der Waals surface area contributed by atoms with E-state index in [1.807, 2.05) is 12.1 Å². The van der Waals surface area contributed by atoms with Gasteiger partial charge < -0.3 is 14.8 Å². The van der Waals surface area contributed by atoms with Gasteiger partial charge in [-0.1, -0.05) is 0 Å². The monoisotopic (exact) mass is 526 g/mol. The van der Waals surface area contributed by atoms with Crippen molar-refractivity contribution in [3.63, 3.8) is 0 Å². The van der Waals surface area contributed by atoms with Crippen LogP contribution in [0.1, 0.15) is 21.6 Å². The molecule has 1 N–H and O–H groups in total. The van der Waals surface area contributed by atoms with Crippen LogP contribution in [-0.2, 0) is 27.7 Å². The number of hydrogen-bond acceptors (Lipinski definition) is 8. The number of nitrogens with zero attached hydrogens (tertiary/aromatic N) is 3. The Hall–Kier alpha value is -4.03. The summed E-state index contributed by atoms with van der Waals surface area (Å²) in [7, 11) is -2.95. The summed E-state index contributed by atoms with van der Waals surface area (Å²) >= 11 is 0. The van der Waals surface area contributed by atoms with Gasteiger partial charge in [-0.2, -0.15) is 0 Å². The van der Waals surface area contributed by atoms with Crippen molar-refractivity contribution in [2.24, 2.45) is 0 Å². The third-order valence-corrected chi connectivity index (χ3v) is 7.64. The van der Waals surface area contributed by atoms with E-state index in [2.05, 4.69) is 20.3 Å². The van der Waals surface area contributed by atoms with Crippen molar-refractivity contribution in [1.82, 2.24) is 20.3 Å². The number of fused-ring (bicyclic) bond motifs is 2. The minimum Gasteiger partial charge on any atom is -0.495 e. The van der Waals surface area contributed by atoms with Crippen molar-refractivity contribution in [2.45, 2.75) is 23.6 Å². The molecule has 1 aliphatic heterocycles. The fraction of sp³-hybridized carbons (Fsp3) is 0.200. The second kappa shape index (κ2) is 9.79. The van der Waals surface area contributed by atoms with Crippen molar-refractivity contribution < 1.29 is 31.5 Å². The van der Waals surface area contributed by atoms with Gasteiger partial charge in [0.2, 0.25) is 15.3 Å². The van der Waals surface area contributed by atoms with Crippen LogP contribution in [0.3, 0.4) is 0 Å². The summed E-state index contributed by atoms with van der Waals surface area (Å²) in [4.78, 5) is 25.4. The molecule has 9 nitrogen and oxygen atoms in total. The molecule has 190 valence electrons. The van der Waals surface area contributed by atoms with Crippen LogP contribution in [0.4, 0.5) is 8.78 Å². The standard InChI is InChI=1S/C25H20F2N4O5S/c1-35-17-3-5-20(29-11-17)21-4-2-14-9-28-16(8-22(14)31-21)10-30-25(32)15-6-19(26)18-12-36-13-24(27)37(33,34)23(18)7-15/h2-9,11,24H,10,12-13H2,1H3,(H,30,32)/t24-/m1/s1. The summed E-state index contributed by atoms with van der Waals surface area (Å²) in [6.07, 6.45) is 3.19. The molecule has 0 saturated heterocycles. The van der Waals surface area contributed by atoms with E-state index in [4.69, 9.17) is 9.47 Å². The van der Waals surface area contributed by atoms with E-state index in [0.29, 0.717) is 28.3 Å². The molecule has 0 fully saturated rings. The van der Waals surface area contributed by atoms with Gasteiger partial charge >= 0.3 is 0 Å². The van der Waals surface area contributed by atoms with Crippen LogP contribution in [0, 0.1) is 5.82 Å². The number of amides is 1. The average molecular weight is 527 g/mol. The van der Waals surface area contributed by atoms with Gasteiger partial charge in [0.1, 0.15) is 11.6 Å². The highest BCUT2D eigenvalue weighted by atomic mass is 32.2. The second-order valence-electron chi connectivity index (χ2n) is 8.24. The Morgan fingerprint density at radius 1 is 1.14 bits per heavy atom. The zero-order valence-corrected chi connectivity index (χ0v) is 20.3. The van der Waals surface area contributed by atoms with Crippen LogP contribution < -0.4 is 10.1 Å². The van der Waals surface area contributed by atoms with Crippen molar-refractivity contribution in [1.29, 1.82) is 0 Å². The van der Waals surface area contributed by atoms with E-state index in [-0.39, 0.29) is 17.7 Å². The quantitative estimate of drug-likeness (QED) is 0.420. The lowest BCUT2D eigenvalue weighted by Crippen LogP contribution is -2.25. The largest absolute Gasteiger partial charge is 0.495 e. The predicted octanol–water partition coefficient (Wildman–Crippen LogP) is 3.37. The van der Waals surface area contributed by atoms with Crippen LogP contribution >= 0.6 is 0 Å². The number of carbonyl (C=O) groups is 1. The van der Waals surface area contributed by atoms with E-state index >= 15 is 0 Å². The Morgan fingerprint density at radius 2 is 1.95 bits per heavy atom. The molecular weight excluding hydrogens is 506 g/mol. The molecule has 0 unspecified atom stereocenters. The van der Waals surface area contributed by atoms with Crippen molar-refractivity contribution in [3.05, 3.63) is 77.5 Å². The number of alkyl halides is 1. The van der Waals surface area contributed by atoms with E-state index in [9.17, 15) is 22.0 Å². The summed E-state index contributed by atoms with van der Waals surface area (Å²) in [5, 5.41) is 3.36. The molecule has 1 amide bonds.